The van der Waals surface area contributed by atoms with Gasteiger partial charge >= 0.3 is 0 Å². The van der Waals surface area contributed by atoms with Crippen LogP contribution < -0.4 is 5.32 Å². The summed E-state index contributed by atoms with van der Waals surface area (Å²) in [6.45, 7) is 5.35. The van der Waals surface area contributed by atoms with Gasteiger partial charge in [-0.1, -0.05) is 32.0 Å². The Bertz CT molecular complexity index is 463. The predicted octanol–water partition coefficient (Wildman–Crippen LogP) is 2.12. The molecule has 1 unspecified atom stereocenters. The molecule has 1 aromatic carbocycles. The van der Waals surface area contributed by atoms with Gasteiger partial charge in [-0.15, -0.1) is 0 Å². The van der Waals surface area contributed by atoms with E-state index in [1.54, 1.807) is 0 Å². The third kappa shape index (κ3) is 1.43. The van der Waals surface area contributed by atoms with E-state index in [0.29, 0.717) is 0 Å². The lowest BCUT2D eigenvalue weighted by molar-refractivity contribution is -0.132. The molecule has 16 heavy (non-hydrogen) atoms. The van der Waals surface area contributed by atoms with Crippen molar-refractivity contribution < 1.29 is 9.59 Å². The Hall–Kier alpha value is -1.64. The molecule has 1 aliphatic rings. The summed E-state index contributed by atoms with van der Waals surface area (Å²) < 4.78 is 0. The normalized spacial score (nSPS) is 22.2. The molecule has 1 amide bonds. The topological polar surface area (TPSA) is 46.2 Å². The second-order valence-corrected chi connectivity index (χ2v) is 4.80. The summed E-state index contributed by atoms with van der Waals surface area (Å²) in [4.78, 5) is 23.5. The van der Waals surface area contributed by atoms with Crippen LogP contribution >= 0.6 is 0 Å². The first-order valence-electron chi connectivity index (χ1n) is 5.35. The number of hydrogen-bond acceptors (Lipinski definition) is 2. The van der Waals surface area contributed by atoms with E-state index in [1.807, 2.05) is 38.1 Å². The van der Waals surface area contributed by atoms with Crippen LogP contribution in [0.3, 0.4) is 0 Å². The third-order valence-electron chi connectivity index (χ3n) is 3.27. The zero-order valence-electron chi connectivity index (χ0n) is 9.70. The number of amides is 1. The van der Waals surface area contributed by atoms with E-state index in [0.717, 1.165) is 11.3 Å². The first-order valence-corrected chi connectivity index (χ1v) is 5.35. The van der Waals surface area contributed by atoms with Crippen molar-refractivity contribution in [3.8, 4) is 0 Å². The maximum atomic E-state index is 11.9. The molecule has 84 valence electrons. The van der Waals surface area contributed by atoms with Crippen LogP contribution in [0.1, 0.15) is 26.3 Å². The Morgan fingerprint density at radius 3 is 2.56 bits per heavy atom. The molecule has 1 N–H and O–H groups in total. The van der Waals surface area contributed by atoms with Crippen LogP contribution in [0.15, 0.2) is 24.3 Å². The molecule has 0 saturated heterocycles. The Kier molecular flexibility index (Phi) is 2.34. The number of carbonyl (C=O) groups is 2. The van der Waals surface area contributed by atoms with Crippen LogP contribution in [0.5, 0.6) is 0 Å². The number of carbonyl (C=O) groups excluding carboxylic acids is 2. The average Bonchev–Trinajstić information content (AvgIpc) is 2.15. The fourth-order valence-electron chi connectivity index (χ4n) is 2.53. The van der Waals surface area contributed by atoms with E-state index in [2.05, 4.69) is 5.32 Å². The second kappa shape index (κ2) is 3.44. The molecule has 0 aliphatic carbocycles. The first-order chi connectivity index (χ1) is 7.44. The first kappa shape index (κ1) is 10.9. The number of para-hydroxylation sites is 1. The number of nitrogens with one attached hydrogen (secondary N) is 1. The fraction of sp³-hybridized carbons (Fsp3) is 0.385. The summed E-state index contributed by atoms with van der Waals surface area (Å²) in [7, 11) is 0. The van der Waals surface area contributed by atoms with Gasteiger partial charge in [0, 0.05) is 11.1 Å². The number of ketones is 1. The molecule has 3 heteroatoms. The summed E-state index contributed by atoms with van der Waals surface area (Å²) in [6, 6.07) is 7.63. The van der Waals surface area contributed by atoms with Crippen LogP contribution in [0.2, 0.25) is 0 Å². The number of fused-ring (bicyclic) bond motifs is 1. The number of benzene rings is 1. The highest BCUT2D eigenvalue weighted by Crippen LogP contribution is 2.40. The molecule has 1 aromatic rings. The zero-order valence-corrected chi connectivity index (χ0v) is 9.70. The highest BCUT2D eigenvalue weighted by atomic mass is 16.2. The molecule has 2 rings (SSSR count). The number of hydrogen-bond donors (Lipinski definition) is 1. The molecule has 0 spiro atoms. The fourth-order valence-corrected chi connectivity index (χ4v) is 2.53. The summed E-state index contributed by atoms with van der Waals surface area (Å²) >= 11 is 0. The smallest absolute Gasteiger partial charge is 0.235 e. The van der Waals surface area contributed by atoms with Crippen molar-refractivity contribution in [3.63, 3.8) is 0 Å². The quantitative estimate of drug-likeness (QED) is 0.732. The Morgan fingerprint density at radius 2 is 1.94 bits per heavy atom. The van der Waals surface area contributed by atoms with Gasteiger partial charge in [0.25, 0.3) is 0 Å². The monoisotopic (exact) mass is 217 g/mol. The predicted molar refractivity (Wildman–Crippen MR) is 62.3 cm³/mol. The lowest BCUT2D eigenvalue weighted by Gasteiger charge is -2.38. The molecule has 0 fully saturated rings. The standard InChI is InChI=1S/C13H15NO2/c1-8(15)11-12(16)14-10-7-5-4-6-9(10)13(11,2)3/h4-7,11H,1-3H3,(H,14,16). The van der Waals surface area contributed by atoms with Crippen LogP contribution in [0.25, 0.3) is 0 Å². The van der Waals surface area contributed by atoms with Gasteiger partial charge in [0.05, 0.1) is 0 Å². The number of rotatable bonds is 1. The second-order valence-electron chi connectivity index (χ2n) is 4.80. The van der Waals surface area contributed by atoms with Crippen molar-refractivity contribution in [2.75, 3.05) is 5.32 Å². The van der Waals surface area contributed by atoms with Crippen LogP contribution in [-0.2, 0) is 15.0 Å². The Labute approximate surface area is 94.9 Å². The average molecular weight is 217 g/mol. The van der Waals surface area contributed by atoms with Crippen molar-refractivity contribution >= 4 is 17.4 Å². The van der Waals surface area contributed by atoms with Gasteiger partial charge in [-0.2, -0.15) is 0 Å². The van der Waals surface area contributed by atoms with Crippen molar-refractivity contribution in [1.82, 2.24) is 0 Å². The Balaban J connectivity index is 2.60. The minimum atomic E-state index is -0.595. The minimum Gasteiger partial charge on any atom is -0.325 e. The van der Waals surface area contributed by atoms with E-state index < -0.39 is 11.3 Å². The molecule has 0 aromatic heterocycles. The third-order valence-corrected chi connectivity index (χ3v) is 3.27. The van der Waals surface area contributed by atoms with E-state index >= 15 is 0 Å². The highest BCUT2D eigenvalue weighted by Gasteiger charge is 2.44. The van der Waals surface area contributed by atoms with Crippen molar-refractivity contribution in [3.05, 3.63) is 29.8 Å². The maximum absolute atomic E-state index is 11.9. The van der Waals surface area contributed by atoms with Crippen LogP contribution in [0, 0.1) is 5.92 Å². The van der Waals surface area contributed by atoms with E-state index in [1.165, 1.54) is 6.92 Å². The van der Waals surface area contributed by atoms with Gasteiger partial charge in [-0.25, -0.2) is 0 Å². The number of anilines is 1. The SMILES string of the molecule is CC(=O)C1C(=O)Nc2ccccc2C1(C)C. The van der Waals surface area contributed by atoms with Gasteiger partial charge < -0.3 is 5.32 Å². The van der Waals surface area contributed by atoms with Gasteiger partial charge in [-0.3, -0.25) is 9.59 Å². The summed E-state index contributed by atoms with van der Waals surface area (Å²) in [6.07, 6.45) is 0. The molecule has 3 nitrogen and oxygen atoms in total. The molecule has 0 bridgehead atoms. The molecule has 1 heterocycles. The summed E-state index contributed by atoms with van der Waals surface area (Å²) in [5.41, 5.74) is 1.40. The van der Waals surface area contributed by atoms with Crippen molar-refractivity contribution in [2.45, 2.75) is 26.2 Å². The molecule has 0 radical (unpaired) electrons. The van der Waals surface area contributed by atoms with Gasteiger partial charge in [0.2, 0.25) is 5.91 Å². The van der Waals surface area contributed by atoms with E-state index in [-0.39, 0.29) is 11.7 Å². The maximum Gasteiger partial charge on any atom is 0.235 e. The lowest BCUT2D eigenvalue weighted by atomic mass is 9.68. The van der Waals surface area contributed by atoms with Crippen LogP contribution in [0.4, 0.5) is 5.69 Å². The van der Waals surface area contributed by atoms with Crippen molar-refractivity contribution in [2.24, 2.45) is 5.92 Å². The van der Waals surface area contributed by atoms with E-state index in [4.69, 9.17) is 0 Å². The Morgan fingerprint density at radius 1 is 1.31 bits per heavy atom. The summed E-state index contributed by atoms with van der Waals surface area (Å²) in [5.74, 6) is -0.879. The lowest BCUT2D eigenvalue weighted by Crippen LogP contribution is -2.46. The largest absolute Gasteiger partial charge is 0.325 e. The number of Topliss-reactive ketones (excluding diaryl/α,β-unsaturated/α-hetero) is 1. The molecule has 1 atom stereocenters. The van der Waals surface area contributed by atoms with Gasteiger partial charge in [0.15, 0.2) is 0 Å². The van der Waals surface area contributed by atoms with Gasteiger partial charge in [0.1, 0.15) is 11.7 Å². The zero-order chi connectivity index (χ0) is 11.9. The molecular formula is C13H15NO2. The molecule has 0 saturated carbocycles. The van der Waals surface area contributed by atoms with Crippen LogP contribution in [-0.4, -0.2) is 11.7 Å². The molecular weight excluding hydrogens is 202 g/mol. The highest BCUT2D eigenvalue weighted by molar-refractivity contribution is 6.10. The summed E-state index contributed by atoms with van der Waals surface area (Å²) in [5, 5.41) is 2.79. The van der Waals surface area contributed by atoms with E-state index in [9.17, 15) is 9.59 Å². The molecule has 1 aliphatic heterocycles. The minimum absolute atomic E-state index is 0.0861. The van der Waals surface area contributed by atoms with Crippen molar-refractivity contribution in [1.29, 1.82) is 0 Å². The van der Waals surface area contributed by atoms with Gasteiger partial charge in [-0.05, 0) is 18.6 Å².